The molecule has 1 heterocycles. The van der Waals surface area contributed by atoms with Crippen molar-refractivity contribution in [3.8, 4) is 0 Å². The van der Waals surface area contributed by atoms with Crippen LogP contribution in [0.4, 0.5) is 4.39 Å². The number of hydrogen-bond donors (Lipinski definition) is 2. The Morgan fingerprint density at radius 2 is 2.39 bits per heavy atom. The highest BCUT2D eigenvalue weighted by Gasteiger charge is 2.09. The molecule has 0 aliphatic heterocycles. The molecule has 0 saturated carbocycles. The van der Waals surface area contributed by atoms with Gasteiger partial charge in [-0.1, -0.05) is 11.8 Å². The molecule has 0 unspecified atom stereocenters. The molecular weight excluding hydrogens is 275 g/mol. The van der Waals surface area contributed by atoms with Crippen LogP contribution in [0.15, 0.2) is 28.9 Å². The highest BCUT2D eigenvalue weighted by molar-refractivity contribution is 8.00. The van der Waals surface area contributed by atoms with E-state index >= 15 is 0 Å². The van der Waals surface area contributed by atoms with Crippen LogP contribution in [-0.2, 0) is 5.75 Å². The quantitative estimate of drug-likeness (QED) is 0.385. The Bertz CT molecular complexity index is 547. The molecule has 0 spiro atoms. The van der Waals surface area contributed by atoms with E-state index in [1.165, 1.54) is 47.8 Å². The van der Waals surface area contributed by atoms with Crippen LogP contribution in [0.1, 0.15) is 15.9 Å². The molecule has 1 aromatic carbocycles. The minimum absolute atomic E-state index is 0.326. The number of rotatable bonds is 4. The first kappa shape index (κ1) is 12.9. The summed E-state index contributed by atoms with van der Waals surface area (Å²) < 4.78 is 18.2. The number of hydrogen-bond acceptors (Lipinski definition) is 6. The van der Waals surface area contributed by atoms with Gasteiger partial charge in [0.2, 0.25) is 0 Å². The number of halogens is 1. The Hall–Kier alpha value is -1.51. The number of amides is 1. The fourth-order valence-corrected chi connectivity index (χ4v) is 2.69. The molecule has 5 nitrogen and oxygen atoms in total. The second-order valence-corrected chi connectivity index (χ2v) is 5.28. The van der Waals surface area contributed by atoms with Crippen molar-refractivity contribution in [3.05, 3.63) is 41.5 Å². The Morgan fingerprint density at radius 1 is 1.56 bits per heavy atom. The third-order valence-corrected chi connectivity index (χ3v) is 3.98. The first-order valence-electron chi connectivity index (χ1n) is 4.89. The molecule has 2 aromatic rings. The summed E-state index contributed by atoms with van der Waals surface area (Å²) in [6.07, 6.45) is 1.45. The Morgan fingerprint density at radius 3 is 3.06 bits per heavy atom. The zero-order valence-corrected chi connectivity index (χ0v) is 10.7. The number of aromatic nitrogens is 2. The van der Waals surface area contributed by atoms with Gasteiger partial charge in [-0.2, -0.15) is 4.37 Å². The monoisotopic (exact) mass is 284 g/mol. The number of carbonyl (C=O) groups is 1. The van der Waals surface area contributed by atoms with Gasteiger partial charge >= 0.3 is 0 Å². The first-order valence-corrected chi connectivity index (χ1v) is 6.65. The van der Waals surface area contributed by atoms with E-state index < -0.39 is 5.91 Å². The number of hydrazine groups is 1. The van der Waals surface area contributed by atoms with E-state index in [-0.39, 0.29) is 5.82 Å². The summed E-state index contributed by atoms with van der Waals surface area (Å²) >= 11 is 2.61. The molecule has 0 aliphatic carbocycles. The van der Waals surface area contributed by atoms with E-state index in [0.717, 1.165) is 4.34 Å². The van der Waals surface area contributed by atoms with Crippen LogP contribution in [-0.4, -0.2) is 15.3 Å². The highest BCUT2D eigenvalue weighted by Crippen LogP contribution is 2.25. The molecule has 0 aliphatic rings. The lowest BCUT2D eigenvalue weighted by atomic mass is 10.1. The average molecular weight is 284 g/mol. The van der Waals surface area contributed by atoms with Crippen molar-refractivity contribution >= 4 is 29.2 Å². The molecule has 0 atom stereocenters. The van der Waals surface area contributed by atoms with E-state index in [9.17, 15) is 9.18 Å². The van der Waals surface area contributed by atoms with Crippen molar-refractivity contribution in [1.29, 1.82) is 0 Å². The fraction of sp³-hybridized carbons (Fsp3) is 0.100. The smallest absolute Gasteiger partial charge is 0.265 e. The van der Waals surface area contributed by atoms with Crippen LogP contribution in [0.2, 0.25) is 0 Å². The van der Waals surface area contributed by atoms with E-state index in [4.69, 9.17) is 5.84 Å². The Kier molecular flexibility index (Phi) is 4.24. The topological polar surface area (TPSA) is 80.9 Å². The van der Waals surface area contributed by atoms with Crippen molar-refractivity contribution < 1.29 is 9.18 Å². The first-order chi connectivity index (χ1) is 8.70. The third kappa shape index (κ3) is 3.03. The number of carbonyl (C=O) groups excluding carboxylic acids is 1. The fourth-order valence-electron chi connectivity index (χ4n) is 1.28. The Labute approximate surface area is 111 Å². The predicted octanol–water partition coefficient (Wildman–Crippen LogP) is 1.57. The maximum atomic E-state index is 13.6. The summed E-state index contributed by atoms with van der Waals surface area (Å²) in [4.78, 5) is 15.3. The maximum absolute atomic E-state index is 13.6. The lowest BCUT2D eigenvalue weighted by Crippen LogP contribution is -2.30. The molecule has 0 fully saturated rings. The second-order valence-electron chi connectivity index (χ2n) is 3.28. The molecule has 3 N–H and O–H groups in total. The summed E-state index contributed by atoms with van der Waals surface area (Å²) in [7, 11) is 0. The highest BCUT2D eigenvalue weighted by atomic mass is 32.2. The van der Waals surface area contributed by atoms with E-state index in [2.05, 4.69) is 9.36 Å². The van der Waals surface area contributed by atoms with E-state index in [1.54, 1.807) is 0 Å². The molecule has 1 aromatic heterocycles. The molecule has 8 heteroatoms. The second kappa shape index (κ2) is 5.89. The zero-order chi connectivity index (χ0) is 13.0. The SMILES string of the molecule is NNC(=O)c1ccc(F)c(CSc2ncns2)c1. The number of nitrogen functional groups attached to an aromatic ring is 1. The Balaban J connectivity index is 2.13. The number of benzene rings is 1. The average Bonchev–Trinajstić information content (AvgIpc) is 2.90. The van der Waals surface area contributed by atoms with Gasteiger partial charge in [0.1, 0.15) is 12.1 Å². The molecule has 0 radical (unpaired) electrons. The van der Waals surface area contributed by atoms with Crippen molar-refractivity contribution in [2.75, 3.05) is 0 Å². The number of thioether (sulfide) groups is 1. The number of nitrogens with two attached hydrogens (primary N) is 1. The minimum atomic E-state index is -0.447. The van der Waals surface area contributed by atoms with Crippen LogP contribution in [0, 0.1) is 5.82 Å². The molecule has 0 saturated heterocycles. The molecule has 2 rings (SSSR count). The van der Waals surface area contributed by atoms with Gasteiger partial charge in [0.15, 0.2) is 4.34 Å². The van der Waals surface area contributed by atoms with Crippen LogP contribution in [0.25, 0.3) is 0 Å². The van der Waals surface area contributed by atoms with Gasteiger partial charge in [-0.25, -0.2) is 15.2 Å². The minimum Gasteiger partial charge on any atom is -0.290 e. The maximum Gasteiger partial charge on any atom is 0.265 e. The summed E-state index contributed by atoms with van der Waals surface area (Å²) in [5.74, 6) is 4.60. The van der Waals surface area contributed by atoms with Gasteiger partial charge in [-0.05, 0) is 35.3 Å². The van der Waals surface area contributed by atoms with Crippen LogP contribution < -0.4 is 11.3 Å². The molecule has 1 amide bonds. The van der Waals surface area contributed by atoms with Crippen molar-refractivity contribution in [1.82, 2.24) is 14.8 Å². The summed E-state index contributed by atoms with van der Waals surface area (Å²) in [6, 6.07) is 4.11. The number of nitrogens with one attached hydrogen (secondary N) is 1. The lowest BCUT2D eigenvalue weighted by Gasteiger charge is -2.04. The van der Waals surface area contributed by atoms with Crippen molar-refractivity contribution in [3.63, 3.8) is 0 Å². The molecule has 94 valence electrons. The number of nitrogens with zero attached hydrogens (tertiary/aromatic N) is 2. The van der Waals surface area contributed by atoms with Crippen molar-refractivity contribution in [2.45, 2.75) is 10.1 Å². The van der Waals surface area contributed by atoms with Gasteiger partial charge in [0.05, 0.1) is 0 Å². The van der Waals surface area contributed by atoms with E-state index in [1.807, 2.05) is 5.43 Å². The lowest BCUT2D eigenvalue weighted by molar-refractivity contribution is 0.0953. The van der Waals surface area contributed by atoms with Crippen molar-refractivity contribution in [2.24, 2.45) is 5.84 Å². The largest absolute Gasteiger partial charge is 0.290 e. The van der Waals surface area contributed by atoms with Crippen LogP contribution in [0.5, 0.6) is 0 Å². The summed E-state index contributed by atoms with van der Waals surface area (Å²) in [6.45, 7) is 0. The molecule has 18 heavy (non-hydrogen) atoms. The third-order valence-electron chi connectivity index (χ3n) is 2.13. The van der Waals surface area contributed by atoms with Gasteiger partial charge < -0.3 is 0 Å². The van der Waals surface area contributed by atoms with Gasteiger partial charge in [0, 0.05) is 11.3 Å². The summed E-state index contributed by atoms with van der Waals surface area (Å²) in [5, 5.41) is 0. The molecular formula is C10H9FN4OS2. The van der Waals surface area contributed by atoms with Crippen LogP contribution >= 0.6 is 23.3 Å². The van der Waals surface area contributed by atoms with Gasteiger partial charge in [-0.15, -0.1) is 0 Å². The normalized spacial score (nSPS) is 10.3. The summed E-state index contributed by atoms with van der Waals surface area (Å²) in [5.41, 5.74) is 2.76. The van der Waals surface area contributed by atoms with Gasteiger partial charge in [0.25, 0.3) is 5.91 Å². The van der Waals surface area contributed by atoms with E-state index in [0.29, 0.717) is 16.9 Å². The van der Waals surface area contributed by atoms with Crippen LogP contribution in [0.3, 0.4) is 0 Å². The predicted molar refractivity (Wildman–Crippen MR) is 67.5 cm³/mol. The standard InChI is InChI=1S/C10H9FN4OS2/c11-8-2-1-6(9(16)15-12)3-7(8)4-17-10-13-5-14-18-10/h1-3,5H,4,12H2,(H,15,16). The van der Waals surface area contributed by atoms with Gasteiger partial charge in [-0.3, -0.25) is 10.2 Å². The molecule has 0 bridgehead atoms. The zero-order valence-electron chi connectivity index (χ0n) is 9.09.